The Hall–Kier alpha value is -3.65. The van der Waals surface area contributed by atoms with E-state index in [1.165, 1.54) is 16.4 Å². The van der Waals surface area contributed by atoms with Crippen LogP contribution in [-0.2, 0) is 26.0 Å². The molecule has 3 aromatic rings. The normalized spacial score (nSPS) is 12.8. The second kappa shape index (κ2) is 14.1. The lowest BCUT2D eigenvalue weighted by Gasteiger charge is -2.34. The Morgan fingerprint density at radius 2 is 1.50 bits per heavy atom. The van der Waals surface area contributed by atoms with Gasteiger partial charge in [0.05, 0.1) is 10.6 Å². The summed E-state index contributed by atoms with van der Waals surface area (Å²) >= 11 is 0. The van der Waals surface area contributed by atoms with Crippen LogP contribution in [0.5, 0.6) is 0 Å². The first-order chi connectivity index (χ1) is 19.1. The molecule has 2 amide bonds. The van der Waals surface area contributed by atoms with Crippen LogP contribution in [0, 0.1) is 13.8 Å². The quantitative estimate of drug-likeness (QED) is 0.307. The predicted molar refractivity (Wildman–Crippen MR) is 161 cm³/mol. The van der Waals surface area contributed by atoms with Crippen molar-refractivity contribution in [2.45, 2.75) is 70.9 Å². The third kappa shape index (κ3) is 7.72. The van der Waals surface area contributed by atoms with Crippen molar-refractivity contribution in [3.63, 3.8) is 0 Å². The maximum Gasteiger partial charge on any atom is 0.264 e. The number of anilines is 1. The van der Waals surface area contributed by atoms with E-state index in [1.807, 2.05) is 77.1 Å². The third-order valence-corrected chi connectivity index (χ3v) is 8.88. The topological polar surface area (TPSA) is 86.8 Å². The molecule has 0 aromatic heterocycles. The standard InChI is InChI=1S/C32H41N3O4S/c1-6-26(5)33-32(37)29(7-2)34(21-20-27-14-10-8-11-15-27)31(36)23-35(30-19-18-24(3)22-25(30)4)40(38,39)28-16-12-9-13-17-28/h8-19,22,26,29H,6-7,20-21,23H2,1-5H3,(H,33,37)/t26-,29+/m1/s1. The van der Waals surface area contributed by atoms with Gasteiger partial charge in [0.15, 0.2) is 0 Å². The Labute approximate surface area is 239 Å². The first-order valence-corrected chi connectivity index (χ1v) is 15.3. The van der Waals surface area contributed by atoms with Crippen molar-refractivity contribution in [1.29, 1.82) is 0 Å². The van der Waals surface area contributed by atoms with Gasteiger partial charge in [0, 0.05) is 12.6 Å². The lowest BCUT2D eigenvalue weighted by atomic mass is 10.1. The number of carbonyl (C=O) groups excluding carboxylic acids is 2. The SMILES string of the molecule is CC[C@@H](C)NC(=O)[C@H](CC)N(CCc1ccccc1)C(=O)CN(c1ccc(C)cc1C)S(=O)(=O)c1ccccc1. The van der Waals surface area contributed by atoms with Gasteiger partial charge in [0.1, 0.15) is 12.6 Å². The van der Waals surface area contributed by atoms with E-state index in [0.29, 0.717) is 18.5 Å². The number of nitrogens with zero attached hydrogens (tertiary/aromatic N) is 2. The highest BCUT2D eigenvalue weighted by molar-refractivity contribution is 7.92. The van der Waals surface area contributed by atoms with Crippen molar-refractivity contribution in [3.8, 4) is 0 Å². The van der Waals surface area contributed by atoms with Crippen LogP contribution in [0.4, 0.5) is 5.69 Å². The van der Waals surface area contributed by atoms with Gasteiger partial charge in [-0.1, -0.05) is 80.1 Å². The highest BCUT2D eigenvalue weighted by atomic mass is 32.2. The number of aryl methyl sites for hydroxylation is 2. The number of sulfonamides is 1. The molecular formula is C32H41N3O4S. The van der Waals surface area contributed by atoms with Gasteiger partial charge >= 0.3 is 0 Å². The van der Waals surface area contributed by atoms with Gasteiger partial charge in [-0.05, 0) is 69.4 Å². The molecule has 0 spiro atoms. The average Bonchev–Trinajstić information content (AvgIpc) is 2.95. The number of hydrogen-bond donors (Lipinski definition) is 1. The van der Waals surface area contributed by atoms with Crippen LogP contribution in [0.1, 0.15) is 50.3 Å². The van der Waals surface area contributed by atoms with Crippen LogP contribution < -0.4 is 9.62 Å². The Balaban J connectivity index is 2.03. The smallest absolute Gasteiger partial charge is 0.264 e. The minimum atomic E-state index is -4.08. The third-order valence-electron chi connectivity index (χ3n) is 7.10. The van der Waals surface area contributed by atoms with Gasteiger partial charge in [-0.3, -0.25) is 13.9 Å². The largest absolute Gasteiger partial charge is 0.352 e. The molecule has 0 unspecified atom stereocenters. The molecule has 0 bridgehead atoms. The monoisotopic (exact) mass is 563 g/mol. The van der Waals surface area contributed by atoms with Crippen LogP contribution in [0.2, 0.25) is 0 Å². The fourth-order valence-corrected chi connectivity index (χ4v) is 6.15. The summed E-state index contributed by atoms with van der Waals surface area (Å²) in [5.41, 5.74) is 3.19. The van der Waals surface area contributed by atoms with Crippen molar-refractivity contribution >= 4 is 27.5 Å². The van der Waals surface area contributed by atoms with Gasteiger partial charge < -0.3 is 10.2 Å². The molecule has 0 aliphatic carbocycles. The summed E-state index contributed by atoms with van der Waals surface area (Å²) < 4.78 is 29.1. The maximum absolute atomic E-state index is 14.1. The predicted octanol–water partition coefficient (Wildman–Crippen LogP) is 5.26. The van der Waals surface area contributed by atoms with Gasteiger partial charge in [-0.2, -0.15) is 0 Å². The van der Waals surface area contributed by atoms with Crippen LogP contribution in [-0.4, -0.2) is 50.3 Å². The molecule has 0 saturated heterocycles. The Bertz CT molecular complexity index is 1380. The minimum Gasteiger partial charge on any atom is -0.352 e. The molecule has 3 aromatic carbocycles. The first kappa shape index (κ1) is 30.9. The number of hydrogen-bond acceptors (Lipinski definition) is 4. The van der Waals surface area contributed by atoms with Gasteiger partial charge in [-0.15, -0.1) is 0 Å². The molecule has 0 aliphatic rings. The number of carbonyl (C=O) groups is 2. The van der Waals surface area contributed by atoms with Crippen molar-refractivity contribution in [2.75, 3.05) is 17.4 Å². The first-order valence-electron chi connectivity index (χ1n) is 13.9. The van der Waals surface area contributed by atoms with Gasteiger partial charge in [0.25, 0.3) is 10.0 Å². The van der Waals surface area contributed by atoms with Gasteiger partial charge in [-0.25, -0.2) is 8.42 Å². The van der Waals surface area contributed by atoms with Crippen molar-refractivity contribution in [3.05, 3.63) is 95.6 Å². The van der Waals surface area contributed by atoms with Crippen molar-refractivity contribution < 1.29 is 18.0 Å². The minimum absolute atomic E-state index is 0.0437. The molecule has 0 radical (unpaired) electrons. The zero-order valence-corrected chi connectivity index (χ0v) is 24.9. The summed E-state index contributed by atoms with van der Waals surface area (Å²) in [6, 6.07) is 22.6. The molecule has 0 heterocycles. The second-order valence-electron chi connectivity index (χ2n) is 10.2. The summed E-state index contributed by atoms with van der Waals surface area (Å²) in [5.74, 6) is -0.663. The summed E-state index contributed by atoms with van der Waals surface area (Å²) in [6.45, 7) is 9.40. The molecule has 214 valence electrons. The Morgan fingerprint density at radius 3 is 2.08 bits per heavy atom. The van der Waals surface area contributed by atoms with E-state index < -0.39 is 28.5 Å². The maximum atomic E-state index is 14.1. The van der Waals surface area contributed by atoms with Crippen LogP contribution in [0.3, 0.4) is 0 Å². The average molecular weight is 564 g/mol. The van der Waals surface area contributed by atoms with Gasteiger partial charge in [0.2, 0.25) is 11.8 Å². The summed E-state index contributed by atoms with van der Waals surface area (Å²) in [5, 5.41) is 3.01. The Kier molecular flexibility index (Phi) is 10.9. The van der Waals surface area contributed by atoms with Crippen molar-refractivity contribution in [2.24, 2.45) is 0 Å². The highest BCUT2D eigenvalue weighted by Crippen LogP contribution is 2.28. The fourth-order valence-electron chi connectivity index (χ4n) is 4.66. The molecule has 8 heteroatoms. The molecule has 1 N–H and O–H groups in total. The van der Waals surface area contributed by atoms with E-state index in [1.54, 1.807) is 29.2 Å². The zero-order valence-electron chi connectivity index (χ0n) is 24.1. The van der Waals surface area contributed by atoms with E-state index in [0.717, 1.165) is 23.1 Å². The molecule has 2 atom stereocenters. The summed E-state index contributed by atoms with van der Waals surface area (Å²) in [4.78, 5) is 29.1. The molecule has 0 aliphatic heterocycles. The number of benzene rings is 3. The van der Waals surface area contributed by atoms with Crippen molar-refractivity contribution in [1.82, 2.24) is 10.2 Å². The molecule has 0 saturated carbocycles. The fraction of sp³-hybridized carbons (Fsp3) is 0.375. The number of amides is 2. The van der Waals surface area contributed by atoms with E-state index in [9.17, 15) is 18.0 Å². The molecule has 40 heavy (non-hydrogen) atoms. The van der Waals surface area contributed by atoms with E-state index in [-0.39, 0.29) is 23.4 Å². The lowest BCUT2D eigenvalue weighted by Crippen LogP contribution is -2.54. The van der Waals surface area contributed by atoms with E-state index >= 15 is 0 Å². The molecule has 0 fully saturated rings. The number of rotatable bonds is 13. The second-order valence-corrected chi connectivity index (χ2v) is 12.0. The molecular weight excluding hydrogens is 522 g/mol. The van der Waals surface area contributed by atoms with Crippen LogP contribution in [0.25, 0.3) is 0 Å². The Morgan fingerprint density at radius 1 is 0.875 bits per heavy atom. The number of nitrogens with one attached hydrogen (secondary N) is 1. The molecule has 7 nitrogen and oxygen atoms in total. The van der Waals surface area contributed by atoms with E-state index in [4.69, 9.17) is 0 Å². The summed E-state index contributed by atoms with van der Waals surface area (Å²) in [7, 11) is -4.08. The highest BCUT2D eigenvalue weighted by Gasteiger charge is 2.34. The van der Waals surface area contributed by atoms with Crippen LogP contribution in [0.15, 0.2) is 83.8 Å². The lowest BCUT2D eigenvalue weighted by molar-refractivity contribution is -0.139. The van der Waals surface area contributed by atoms with Crippen LogP contribution >= 0.6 is 0 Å². The molecule has 3 rings (SSSR count). The summed E-state index contributed by atoms with van der Waals surface area (Å²) in [6.07, 6.45) is 1.70. The van der Waals surface area contributed by atoms with E-state index in [2.05, 4.69) is 5.32 Å². The zero-order chi connectivity index (χ0) is 29.3.